The van der Waals surface area contributed by atoms with E-state index in [0.29, 0.717) is 24.6 Å². The molecule has 118 valence electrons. The molecule has 2 fully saturated rings. The minimum absolute atomic E-state index is 0.216. The van der Waals surface area contributed by atoms with Gasteiger partial charge in [0.05, 0.1) is 18.1 Å². The number of hydrogen-bond acceptors (Lipinski definition) is 6. The second-order valence-electron chi connectivity index (χ2n) is 6.05. The number of amides is 2. The lowest BCUT2D eigenvalue weighted by Gasteiger charge is -2.28. The Balaban J connectivity index is 1.59. The lowest BCUT2D eigenvalue weighted by molar-refractivity contribution is -0.133. The first-order valence-corrected chi connectivity index (χ1v) is 7.72. The molecule has 2 N–H and O–H groups in total. The number of carbonyl (C=O) groups is 2. The summed E-state index contributed by atoms with van der Waals surface area (Å²) in [6.45, 7) is 2.17. The van der Waals surface area contributed by atoms with Crippen LogP contribution in [0.15, 0.2) is 12.4 Å². The molecule has 0 saturated carbocycles. The smallest absolute Gasteiger partial charge is 0.249 e. The SMILES string of the molecule is CN1CCC(c2cnc(NC3CCC(=O)NC3=O)cn2)CC1. The summed E-state index contributed by atoms with van der Waals surface area (Å²) in [5.41, 5.74) is 1.02. The normalized spacial score (nSPS) is 24.1. The van der Waals surface area contributed by atoms with Gasteiger partial charge in [0.2, 0.25) is 11.8 Å². The first-order chi connectivity index (χ1) is 10.6. The van der Waals surface area contributed by atoms with Crippen molar-refractivity contribution in [3.63, 3.8) is 0 Å². The van der Waals surface area contributed by atoms with Crippen LogP contribution in [0.2, 0.25) is 0 Å². The zero-order valence-corrected chi connectivity index (χ0v) is 12.7. The summed E-state index contributed by atoms with van der Waals surface area (Å²) in [4.78, 5) is 34.0. The van der Waals surface area contributed by atoms with Crippen LogP contribution in [0, 0.1) is 0 Å². The molecule has 2 amide bonds. The number of likely N-dealkylation sites (tertiary alicyclic amines) is 1. The highest BCUT2D eigenvalue weighted by Gasteiger charge is 2.27. The van der Waals surface area contributed by atoms with E-state index in [1.165, 1.54) is 0 Å². The summed E-state index contributed by atoms with van der Waals surface area (Å²) < 4.78 is 0. The molecule has 7 heteroatoms. The Morgan fingerprint density at radius 1 is 1.18 bits per heavy atom. The zero-order valence-electron chi connectivity index (χ0n) is 12.7. The molecule has 3 heterocycles. The number of rotatable bonds is 3. The van der Waals surface area contributed by atoms with Crippen molar-refractivity contribution in [2.24, 2.45) is 0 Å². The van der Waals surface area contributed by atoms with Crippen molar-refractivity contribution in [1.29, 1.82) is 0 Å². The highest BCUT2D eigenvalue weighted by Crippen LogP contribution is 2.25. The molecule has 1 aromatic heterocycles. The van der Waals surface area contributed by atoms with Gasteiger partial charge < -0.3 is 10.2 Å². The molecule has 1 aromatic rings. The van der Waals surface area contributed by atoms with Gasteiger partial charge in [-0.05, 0) is 39.4 Å². The number of anilines is 1. The van der Waals surface area contributed by atoms with E-state index >= 15 is 0 Å². The van der Waals surface area contributed by atoms with Gasteiger partial charge in [-0.2, -0.15) is 0 Å². The lowest BCUT2D eigenvalue weighted by Crippen LogP contribution is -2.47. The third kappa shape index (κ3) is 3.41. The third-order valence-corrected chi connectivity index (χ3v) is 4.37. The van der Waals surface area contributed by atoms with Crippen LogP contribution >= 0.6 is 0 Å². The lowest BCUT2D eigenvalue weighted by atomic mass is 9.94. The quantitative estimate of drug-likeness (QED) is 0.791. The molecule has 0 spiro atoms. The van der Waals surface area contributed by atoms with E-state index in [2.05, 4.69) is 32.5 Å². The average molecular weight is 303 g/mol. The van der Waals surface area contributed by atoms with E-state index in [-0.39, 0.29) is 11.8 Å². The van der Waals surface area contributed by atoms with Crippen molar-refractivity contribution in [3.8, 4) is 0 Å². The predicted octanol–water partition coefficient (Wildman–Crippen LogP) is 0.503. The van der Waals surface area contributed by atoms with Gasteiger partial charge >= 0.3 is 0 Å². The average Bonchev–Trinajstić information content (AvgIpc) is 2.52. The molecule has 1 unspecified atom stereocenters. The van der Waals surface area contributed by atoms with E-state index in [1.807, 2.05) is 0 Å². The molecule has 2 aliphatic rings. The Labute approximate surface area is 129 Å². The topological polar surface area (TPSA) is 87.2 Å². The fraction of sp³-hybridized carbons (Fsp3) is 0.600. The molecule has 0 radical (unpaired) electrons. The van der Waals surface area contributed by atoms with Gasteiger partial charge in [-0.25, -0.2) is 4.98 Å². The monoisotopic (exact) mass is 303 g/mol. The maximum absolute atomic E-state index is 11.7. The van der Waals surface area contributed by atoms with E-state index in [0.717, 1.165) is 31.6 Å². The molecule has 0 aromatic carbocycles. The molecule has 3 rings (SSSR count). The number of carbonyl (C=O) groups excluding carboxylic acids is 2. The van der Waals surface area contributed by atoms with Crippen LogP contribution < -0.4 is 10.6 Å². The van der Waals surface area contributed by atoms with E-state index in [1.54, 1.807) is 12.4 Å². The molecule has 2 saturated heterocycles. The first kappa shape index (κ1) is 14.9. The summed E-state index contributed by atoms with van der Waals surface area (Å²) >= 11 is 0. The minimum Gasteiger partial charge on any atom is -0.357 e. The summed E-state index contributed by atoms with van der Waals surface area (Å²) in [7, 11) is 2.13. The molecule has 1 atom stereocenters. The summed E-state index contributed by atoms with van der Waals surface area (Å²) in [5, 5.41) is 5.37. The van der Waals surface area contributed by atoms with Crippen molar-refractivity contribution in [2.45, 2.75) is 37.6 Å². The largest absolute Gasteiger partial charge is 0.357 e. The second-order valence-corrected chi connectivity index (χ2v) is 6.05. The summed E-state index contributed by atoms with van der Waals surface area (Å²) in [6.07, 6.45) is 6.52. The fourth-order valence-corrected chi connectivity index (χ4v) is 2.94. The van der Waals surface area contributed by atoms with E-state index in [9.17, 15) is 9.59 Å². The molecular formula is C15H21N5O2. The van der Waals surface area contributed by atoms with E-state index in [4.69, 9.17) is 0 Å². The first-order valence-electron chi connectivity index (χ1n) is 7.72. The Morgan fingerprint density at radius 2 is 1.95 bits per heavy atom. The molecule has 0 bridgehead atoms. The van der Waals surface area contributed by atoms with Crippen LogP contribution in [0.3, 0.4) is 0 Å². The fourth-order valence-electron chi connectivity index (χ4n) is 2.94. The second kappa shape index (κ2) is 6.39. The molecular weight excluding hydrogens is 282 g/mol. The van der Waals surface area contributed by atoms with Crippen LogP contribution in [0.25, 0.3) is 0 Å². The van der Waals surface area contributed by atoms with E-state index < -0.39 is 6.04 Å². The maximum atomic E-state index is 11.7. The predicted molar refractivity (Wildman–Crippen MR) is 81.3 cm³/mol. The van der Waals surface area contributed by atoms with Gasteiger partial charge in [-0.3, -0.25) is 19.9 Å². The number of hydrogen-bond donors (Lipinski definition) is 2. The number of imide groups is 1. The van der Waals surface area contributed by atoms with Crippen molar-refractivity contribution in [2.75, 3.05) is 25.5 Å². The van der Waals surface area contributed by atoms with Crippen LogP contribution in [0.4, 0.5) is 5.82 Å². The van der Waals surface area contributed by atoms with Gasteiger partial charge in [0.15, 0.2) is 0 Å². The summed E-state index contributed by atoms with van der Waals surface area (Å²) in [5.74, 6) is 0.531. The van der Waals surface area contributed by atoms with Crippen LogP contribution in [0.5, 0.6) is 0 Å². The molecule has 22 heavy (non-hydrogen) atoms. The Morgan fingerprint density at radius 3 is 2.59 bits per heavy atom. The molecule has 7 nitrogen and oxygen atoms in total. The highest BCUT2D eigenvalue weighted by molar-refractivity contribution is 6.01. The van der Waals surface area contributed by atoms with Crippen molar-refractivity contribution in [1.82, 2.24) is 20.2 Å². The molecule has 2 aliphatic heterocycles. The van der Waals surface area contributed by atoms with Crippen LogP contribution in [0.1, 0.15) is 37.3 Å². The van der Waals surface area contributed by atoms with Crippen LogP contribution in [-0.2, 0) is 9.59 Å². The number of aromatic nitrogens is 2. The van der Waals surface area contributed by atoms with Gasteiger partial charge in [-0.1, -0.05) is 0 Å². The maximum Gasteiger partial charge on any atom is 0.249 e. The van der Waals surface area contributed by atoms with Gasteiger partial charge in [-0.15, -0.1) is 0 Å². The Bertz CT molecular complexity index is 552. The standard InChI is InChI=1S/C15H21N5O2/c1-20-6-4-10(5-7-20)12-8-17-13(9-16-12)18-11-2-3-14(21)19-15(11)22/h8-11H,2-7H2,1H3,(H,17,18)(H,19,21,22). The number of nitrogens with zero attached hydrogens (tertiary/aromatic N) is 3. The van der Waals surface area contributed by atoms with Gasteiger partial charge in [0.25, 0.3) is 0 Å². The Hall–Kier alpha value is -2.02. The zero-order chi connectivity index (χ0) is 15.5. The van der Waals surface area contributed by atoms with Crippen molar-refractivity contribution >= 4 is 17.6 Å². The van der Waals surface area contributed by atoms with Crippen LogP contribution in [-0.4, -0.2) is 52.9 Å². The minimum atomic E-state index is -0.416. The van der Waals surface area contributed by atoms with Crippen molar-refractivity contribution < 1.29 is 9.59 Å². The Kier molecular flexibility index (Phi) is 4.33. The third-order valence-electron chi connectivity index (χ3n) is 4.37. The number of nitrogens with one attached hydrogen (secondary N) is 2. The highest BCUT2D eigenvalue weighted by atomic mass is 16.2. The van der Waals surface area contributed by atoms with Gasteiger partial charge in [0.1, 0.15) is 11.9 Å². The molecule has 0 aliphatic carbocycles. The number of piperidine rings is 2. The summed E-state index contributed by atoms with van der Waals surface area (Å²) in [6, 6.07) is -0.416. The van der Waals surface area contributed by atoms with Crippen molar-refractivity contribution in [3.05, 3.63) is 18.1 Å². The van der Waals surface area contributed by atoms with Gasteiger partial charge in [0, 0.05) is 12.3 Å².